The Bertz CT molecular complexity index is 1250. The summed E-state index contributed by atoms with van der Waals surface area (Å²) in [6.07, 6.45) is 1.75. The van der Waals surface area contributed by atoms with Crippen molar-refractivity contribution in [1.82, 2.24) is 9.97 Å². The fourth-order valence-corrected chi connectivity index (χ4v) is 5.36. The Morgan fingerprint density at radius 3 is 2.03 bits per heavy atom. The number of thiocarbonyl (C=S) groups is 1. The highest BCUT2D eigenvalue weighted by atomic mass is 32.1. The molecule has 0 unspecified atom stereocenters. The van der Waals surface area contributed by atoms with Gasteiger partial charge in [0.2, 0.25) is 0 Å². The van der Waals surface area contributed by atoms with Gasteiger partial charge in [-0.1, -0.05) is 106 Å². The van der Waals surface area contributed by atoms with Gasteiger partial charge in [-0.05, 0) is 40.8 Å². The molecule has 35 heavy (non-hydrogen) atoms. The van der Waals surface area contributed by atoms with Gasteiger partial charge in [-0.2, -0.15) is 0 Å². The molecule has 0 aliphatic heterocycles. The molecule has 1 aromatic heterocycles. The van der Waals surface area contributed by atoms with Crippen LogP contribution in [0.5, 0.6) is 0 Å². The van der Waals surface area contributed by atoms with Crippen LogP contribution in [0.4, 0.5) is 11.5 Å². The van der Waals surface area contributed by atoms with E-state index in [2.05, 4.69) is 103 Å². The maximum atomic E-state index is 7.08. The first-order chi connectivity index (χ1) is 16.8. The van der Waals surface area contributed by atoms with E-state index in [0.29, 0.717) is 11.6 Å². The standard InChI is InChI=1S/C29H31N3OSSi/c1-21-30-19-22(20-34)27(31-21)32-26-17-11-16-25(18-26)29(33-35-28(2,3)4,23-12-7-5-8-13-23)24-14-9-6-10-15-24/h5-20H,35H2,1-4H3,(H,30,31,32). The Kier molecular flexibility index (Phi) is 7.55. The predicted octanol–water partition coefficient (Wildman–Crippen LogP) is 6.49. The normalized spacial score (nSPS) is 12.1. The Labute approximate surface area is 215 Å². The summed E-state index contributed by atoms with van der Waals surface area (Å²) in [5.41, 5.74) is 4.25. The van der Waals surface area contributed by atoms with Gasteiger partial charge in [-0.25, -0.2) is 9.97 Å². The molecule has 0 atom stereocenters. The number of hydrogen-bond donors (Lipinski definition) is 1. The second-order valence-corrected chi connectivity index (χ2v) is 12.7. The Balaban J connectivity index is 1.88. The zero-order chi connectivity index (χ0) is 24.9. The van der Waals surface area contributed by atoms with Gasteiger partial charge < -0.3 is 9.74 Å². The molecular weight excluding hydrogens is 466 g/mol. The van der Waals surface area contributed by atoms with Crippen LogP contribution >= 0.6 is 12.2 Å². The van der Waals surface area contributed by atoms with E-state index in [1.54, 1.807) is 11.6 Å². The smallest absolute Gasteiger partial charge is 0.169 e. The number of nitrogens with zero attached hydrogens (tertiary/aromatic N) is 2. The number of rotatable bonds is 8. The Morgan fingerprint density at radius 2 is 1.46 bits per heavy atom. The van der Waals surface area contributed by atoms with Crippen LogP contribution in [0.25, 0.3) is 0 Å². The number of hydrogen-bond acceptors (Lipinski definition) is 5. The Morgan fingerprint density at radius 1 is 0.857 bits per heavy atom. The molecule has 4 rings (SSSR count). The summed E-state index contributed by atoms with van der Waals surface area (Å²) in [5.74, 6) is 1.38. The van der Waals surface area contributed by atoms with Crippen molar-refractivity contribution in [2.75, 3.05) is 5.32 Å². The van der Waals surface area contributed by atoms with E-state index in [9.17, 15) is 0 Å². The number of benzene rings is 3. The molecule has 1 N–H and O–H groups in total. The van der Waals surface area contributed by atoms with Crippen molar-refractivity contribution in [2.24, 2.45) is 0 Å². The molecule has 0 saturated heterocycles. The average molecular weight is 498 g/mol. The minimum Gasteiger partial charge on any atom is -0.406 e. The first kappa shape index (κ1) is 24.9. The van der Waals surface area contributed by atoms with Gasteiger partial charge in [0.25, 0.3) is 0 Å². The first-order valence-corrected chi connectivity index (χ1v) is 13.5. The first-order valence-electron chi connectivity index (χ1n) is 11.7. The maximum Gasteiger partial charge on any atom is 0.169 e. The highest BCUT2D eigenvalue weighted by Gasteiger charge is 2.38. The lowest BCUT2D eigenvalue weighted by molar-refractivity contribution is 0.157. The van der Waals surface area contributed by atoms with Gasteiger partial charge in [0, 0.05) is 22.8 Å². The highest BCUT2D eigenvalue weighted by molar-refractivity contribution is 7.79. The van der Waals surface area contributed by atoms with Gasteiger partial charge in [0.05, 0.1) is 0 Å². The fourth-order valence-electron chi connectivity index (χ4n) is 4.04. The molecule has 4 nitrogen and oxygen atoms in total. The van der Waals surface area contributed by atoms with Crippen LogP contribution < -0.4 is 5.32 Å². The molecule has 1 heterocycles. The van der Waals surface area contributed by atoms with Crippen molar-refractivity contribution in [3.63, 3.8) is 0 Å². The number of anilines is 2. The van der Waals surface area contributed by atoms with Gasteiger partial charge in [0.1, 0.15) is 17.2 Å². The van der Waals surface area contributed by atoms with Gasteiger partial charge in [0.15, 0.2) is 9.76 Å². The lowest BCUT2D eigenvalue weighted by Crippen LogP contribution is -2.36. The van der Waals surface area contributed by atoms with E-state index >= 15 is 0 Å². The second kappa shape index (κ2) is 10.6. The van der Waals surface area contributed by atoms with Crippen molar-refractivity contribution >= 4 is 38.9 Å². The van der Waals surface area contributed by atoms with Crippen molar-refractivity contribution in [1.29, 1.82) is 0 Å². The van der Waals surface area contributed by atoms with E-state index in [0.717, 1.165) is 27.9 Å². The quantitative estimate of drug-likeness (QED) is 0.171. The minimum atomic E-state index is -0.931. The summed E-state index contributed by atoms with van der Waals surface area (Å²) in [4.78, 5) is 8.84. The molecule has 3 aromatic carbocycles. The third-order valence-corrected chi connectivity index (χ3v) is 7.38. The monoisotopic (exact) mass is 497 g/mol. The maximum absolute atomic E-state index is 7.08. The molecule has 0 bridgehead atoms. The molecule has 0 saturated carbocycles. The number of aromatic nitrogens is 2. The van der Waals surface area contributed by atoms with Crippen molar-refractivity contribution < 1.29 is 4.43 Å². The molecule has 178 valence electrons. The summed E-state index contributed by atoms with van der Waals surface area (Å²) in [5, 5.41) is 5.18. The van der Waals surface area contributed by atoms with Crippen LogP contribution in [-0.4, -0.2) is 25.1 Å². The molecule has 6 heteroatoms. The van der Waals surface area contributed by atoms with Crippen molar-refractivity contribution in [2.45, 2.75) is 38.3 Å². The summed E-state index contributed by atoms with van der Waals surface area (Å²) < 4.78 is 7.08. The van der Waals surface area contributed by atoms with Crippen molar-refractivity contribution in [3.8, 4) is 0 Å². The second-order valence-electron chi connectivity index (χ2n) is 9.81. The predicted molar refractivity (Wildman–Crippen MR) is 151 cm³/mol. The average Bonchev–Trinajstić information content (AvgIpc) is 2.86. The summed E-state index contributed by atoms with van der Waals surface area (Å²) in [6, 6.07) is 29.4. The summed E-state index contributed by atoms with van der Waals surface area (Å²) >= 11 is 5.19. The van der Waals surface area contributed by atoms with E-state index in [1.165, 1.54) is 0 Å². The van der Waals surface area contributed by atoms with E-state index in [4.69, 9.17) is 16.6 Å². The number of aryl methyl sites for hydroxylation is 1. The lowest BCUT2D eigenvalue weighted by atomic mass is 9.80. The topological polar surface area (TPSA) is 47.0 Å². The number of nitrogens with one attached hydrogen (secondary N) is 1. The summed E-state index contributed by atoms with van der Waals surface area (Å²) in [7, 11) is -0.931. The lowest BCUT2D eigenvalue weighted by Gasteiger charge is -2.38. The molecule has 0 radical (unpaired) electrons. The van der Waals surface area contributed by atoms with Gasteiger partial charge in [-0.3, -0.25) is 0 Å². The fraction of sp³-hybridized carbons (Fsp3) is 0.207. The zero-order valence-electron chi connectivity index (χ0n) is 20.7. The van der Waals surface area contributed by atoms with Crippen LogP contribution in [0.1, 0.15) is 48.8 Å². The van der Waals surface area contributed by atoms with Crippen LogP contribution in [-0.2, 0) is 10.0 Å². The minimum absolute atomic E-state index is 0.122. The van der Waals surface area contributed by atoms with E-state index < -0.39 is 15.4 Å². The molecule has 4 aromatic rings. The largest absolute Gasteiger partial charge is 0.406 e. The summed E-state index contributed by atoms with van der Waals surface area (Å²) in [6.45, 7) is 8.63. The van der Waals surface area contributed by atoms with Gasteiger partial charge >= 0.3 is 0 Å². The molecular formula is C29H31N3OSSi. The molecule has 0 aliphatic rings. The Hall–Kier alpha value is -3.19. The van der Waals surface area contributed by atoms with E-state index in [-0.39, 0.29) is 5.04 Å². The van der Waals surface area contributed by atoms with Crippen LogP contribution in [0.2, 0.25) is 5.04 Å². The molecule has 0 aliphatic carbocycles. The third kappa shape index (κ3) is 5.73. The molecule has 0 fully saturated rings. The van der Waals surface area contributed by atoms with Crippen LogP contribution in [0, 0.1) is 6.92 Å². The van der Waals surface area contributed by atoms with Gasteiger partial charge in [-0.15, -0.1) is 0 Å². The van der Waals surface area contributed by atoms with Crippen LogP contribution in [0.15, 0.2) is 91.1 Å². The van der Waals surface area contributed by atoms with Crippen molar-refractivity contribution in [3.05, 3.63) is 119 Å². The van der Waals surface area contributed by atoms with E-state index in [1.807, 2.05) is 25.1 Å². The molecule has 0 amide bonds. The molecule has 0 spiro atoms. The highest BCUT2D eigenvalue weighted by Crippen LogP contribution is 2.42. The third-order valence-electron chi connectivity index (χ3n) is 5.68. The zero-order valence-corrected chi connectivity index (χ0v) is 22.9. The van der Waals surface area contributed by atoms with Crippen LogP contribution in [0.3, 0.4) is 0 Å². The SMILES string of the molecule is Cc1ncc(C=S)c(Nc2cccc(C(O[SiH2]C(C)(C)C)(c3ccccc3)c3ccccc3)c2)n1.